The van der Waals surface area contributed by atoms with Crippen LogP contribution in [0, 0.1) is 5.82 Å². The van der Waals surface area contributed by atoms with Gasteiger partial charge in [0.15, 0.2) is 5.96 Å². The molecule has 0 saturated carbocycles. The summed E-state index contributed by atoms with van der Waals surface area (Å²) in [6.45, 7) is 5.43. The van der Waals surface area contributed by atoms with Crippen molar-refractivity contribution in [3.63, 3.8) is 0 Å². The molecular formula is C24H34FN5. The molecule has 0 radical (unpaired) electrons. The predicted molar refractivity (Wildman–Crippen MR) is 122 cm³/mol. The van der Waals surface area contributed by atoms with Crippen molar-refractivity contribution in [2.24, 2.45) is 4.99 Å². The first kappa shape index (κ1) is 22.2. The molecular weight excluding hydrogens is 377 g/mol. The Bertz CT molecular complexity index is 837. The number of hydrogen-bond donors (Lipinski definition) is 2. The molecule has 3 rings (SSSR count). The van der Waals surface area contributed by atoms with Crippen molar-refractivity contribution in [1.29, 1.82) is 0 Å². The maximum Gasteiger partial charge on any atom is 0.191 e. The molecule has 0 aromatic heterocycles. The van der Waals surface area contributed by atoms with Gasteiger partial charge in [-0.2, -0.15) is 0 Å². The maximum atomic E-state index is 14.0. The fraction of sp³-hybridized carbons (Fsp3) is 0.458. The molecule has 6 heteroatoms. The zero-order valence-corrected chi connectivity index (χ0v) is 18.5. The van der Waals surface area contributed by atoms with Crippen molar-refractivity contribution < 1.29 is 4.39 Å². The van der Waals surface area contributed by atoms with Gasteiger partial charge >= 0.3 is 0 Å². The molecule has 30 heavy (non-hydrogen) atoms. The third-order valence-electron chi connectivity index (χ3n) is 5.55. The van der Waals surface area contributed by atoms with Crippen LogP contribution in [0.4, 0.5) is 4.39 Å². The van der Waals surface area contributed by atoms with Crippen LogP contribution >= 0.6 is 0 Å². The van der Waals surface area contributed by atoms with Crippen molar-refractivity contribution in [3.05, 3.63) is 71.0 Å². The van der Waals surface area contributed by atoms with Crippen molar-refractivity contribution in [2.45, 2.75) is 45.1 Å². The smallest absolute Gasteiger partial charge is 0.191 e. The molecule has 0 bridgehead atoms. The van der Waals surface area contributed by atoms with Crippen LogP contribution in [-0.4, -0.2) is 55.5 Å². The average molecular weight is 412 g/mol. The lowest BCUT2D eigenvalue weighted by Gasteiger charge is -2.21. The van der Waals surface area contributed by atoms with Gasteiger partial charge in [-0.3, -0.25) is 9.89 Å². The van der Waals surface area contributed by atoms with Gasteiger partial charge in [0.25, 0.3) is 0 Å². The number of halogens is 1. The highest BCUT2D eigenvalue weighted by Gasteiger charge is 2.29. The van der Waals surface area contributed by atoms with Crippen molar-refractivity contribution in [1.82, 2.24) is 20.4 Å². The largest absolute Gasteiger partial charge is 0.352 e. The summed E-state index contributed by atoms with van der Waals surface area (Å²) in [7, 11) is 5.68. The summed E-state index contributed by atoms with van der Waals surface area (Å²) < 4.78 is 14.0. The monoisotopic (exact) mass is 411 g/mol. The van der Waals surface area contributed by atoms with E-state index < -0.39 is 0 Å². The van der Waals surface area contributed by atoms with Gasteiger partial charge in [-0.15, -0.1) is 0 Å². The minimum Gasteiger partial charge on any atom is -0.352 e. The van der Waals surface area contributed by atoms with Gasteiger partial charge in [0.1, 0.15) is 5.82 Å². The summed E-state index contributed by atoms with van der Waals surface area (Å²) in [5, 5.41) is 6.93. The Hall–Kier alpha value is -2.44. The molecule has 0 aliphatic carbocycles. The van der Waals surface area contributed by atoms with Crippen molar-refractivity contribution >= 4 is 5.96 Å². The van der Waals surface area contributed by atoms with E-state index in [-0.39, 0.29) is 5.82 Å². The van der Waals surface area contributed by atoms with E-state index in [1.165, 1.54) is 5.56 Å². The second-order valence-electron chi connectivity index (χ2n) is 8.43. The Labute approximate surface area is 180 Å². The van der Waals surface area contributed by atoms with Gasteiger partial charge in [-0.25, -0.2) is 4.39 Å². The van der Waals surface area contributed by atoms with Crippen molar-refractivity contribution in [3.8, 4) is 0 Å². The van der Waals surface area contributed by atoms with Gasteiger partial charge in [0, 0.05) is 50.9 Å². The molecule has 1 aliphatic heterocycles. The normalized spacial score (nSPS) is 20.0. The highest BCUT2D eigenvalue weighted by Crippen LogP contribution is 2.20. The molecule has 1 fully saturated rings. The Balaban J connectivity index is 1.52. The SMILES string of the molecule is CN=C(NCc1ccc(F)c(CN(C)C)c1)NC1CC(C)N(Cc2ccccc2)C1. The van der Waals surface area contributed by atoms with Gasteiger partial charge < -0.3 is 15.5 Å². The highest BCUT2D eigenvalue weighted by atomic mass is 19.1. The molecule has 2 unspecified atom stereocenters. The van der Waals surface area contributed by atoms with Crippen LogP contribution in [0.5, 0.6) is 0 Å². The molecule has 162 valence electrons. The Kier molecular flexibility index (Phi) is 7.82. The first-order valence-corrected chi connectivity index (χ1v) is 10.6. The number of aliphatic imine (C=N–C) groups is 1. The average Bonchev–Trinajstić information content (AvgIpc) is 3.06. The van der Waals surface area contributed by atoms with Crippen LogP contribution in [-0.2, 0) is 19.6 Å². The highest BCUT2D eigenvalue weighted by molar-refractivity contribution is 5.80. The Morgan fingerprint density at radius 3 is 2.63 bits per heavy atom. The number of benzene rings is 2. The van der Waals surface area contributed by atoms with E-state index in [9.17, 15) is 4.39 Å². The lowest BCUT2D eigenvalue weighted by Crippen LogP contribution is -2.44. The number of nitrogens with one attached hydrogen (secondary N) is 2. The minimum absolute atomic E-state index is 0.159. The van der Waals surface area contributed by atoms with E-state index in [4.69, 9.17) is 0 Å². The van der Waals surface area contributed by atoms with Crippen LogP contribution in [0.3, 0.4) is 0 Å². The molecule has 1 aliphatic rings. The number of hydrogen-bond acceptors (Lipinski definition) is 3. The maximum absolute atomic E-state index is 14.0. The summed E-state index contributed by atoms with van der Waals surface area (Å²) in [6, 6.07) is 16.8. The lowest BCUT2D eigenvalue weighted by atomic mass is 10.1. The lowest BCUT2D eigenvalue weighted by molar-refractivity contribution is 0.258. The minimum atomic E-state index is -0.159. The van der Waals surface area contributed by atoms with E-state index in [0.29, 0.717) is 30.7 Å². The molecule has 2 aromatic carbocycles. The fourth-order valence-corrected chi connectivity index (χ4v) is 4.01. The van der Waals surface area contributed by atoms with Gasteiger partial charge in [0.05, 0.1) is 0 Å². The molecule has 1 saturated heterocycles. The second-order valence-corrected chi connectivity index (χ2v) is 8.43. The third kappa shape index (κ3) is 6.28. The Morgan fingerprint density at radius 2 is 1.93 bits per heavy atom. The van der Waals surface area contributed by atoms with E-state index in [0.717, 1.165) is 31.0 Å². The standard InChI is InChI=1S/C24H34FN5/c1-18-12-22(17-30(18)15-19-8-6-5-7-9-19)28-24(26-2)27-14-20-10-11-23(25)21(13-20)16-29(3)4/h5-11,13,18,22H,12,14-17H2,1-4H3,(H2,26,27,28). The summed E-state index contributed by atoms with van der Waals surface area (Å²) in [5.41, 5.74) is 3.10. The number of rotatable bonds is 7. The van der Waals surface area contributed by atoms with Gasteiger partial charge in [-0.1, -0.05) is 36.4 Å². The first-order valence-electron chi connectivity index (χ1n) is 10.6. The Morgan fingerprint density at radius 1 is 1.17 bits per heavy atom. The van der Waals surface area contributed by atoms with E-state index in [1.54, 1.807) is 13.1 Å². The topological polar surface area (TPSA) is 42.9 Å². The molecule has 0 spiro atoms. The van der Waals surface area contributed by atoms with Crippen LogP contribution in [0.1, 0.15) is 30.0 Å². The van der Waals surface area contributed by atoms with Crippen LogP contribution in [0.25, 0.3) is 0 Å². The third-order valence-corrected chi connectivity index (χ3v) is 5.55. The molecule has 2 aromatic rings. The second kappa shape index (κ2) is 10.5. The number of likely N-dealkylation sites (tertiary alicyclic amines) is 1. The number of guanidine groups is 1. The quantitative estimate of drug-likeness (QED) is 0.542. The van der Waals surface area contributed by atoms with Crippen molar-refractivity contribution in [2.75, 3.05) is 27.7 Å². The van der Waals surface area contributed by atoms with E-state index in [1.807, 2.05) is 31.1 Å². The fourth-order valence-electron chi connectivity index (χ4n) is 4.01. The van der Waals surface area contributed by atoms with Crippen LogP contribution in [0.2, 0.25) is 0 Å². The van der Waals surface area contributed by atoms with Crippen LogP contribution in [0.15, 0.2) is 53.5 Å². The summed E-state index contributed by atoms with van der Waals surface area (Å²) >= 11 is 0. The first-order chi connectivity index (χ1) is 14.4. The number of nitrogens with zero attached hydrogens (tertiary/aromatic N) is 3. The summed E-state index contributed by atoms with van der Waals surface area (Å²) in [5.74, 6) is 0.626. The zero-order valence-electron chi connectivity index (χ0n) is 18.5. The van der Waals surface area contributed by atoms with Gasteiger partial charge in [-0.05, 0) is 50.7 Å². The predicted octanol–water partition coefficient (Wildman–Crippen LogP) is 3.22. The van der Waals surface area contributed by atoms with E-state index in [2.05, 4.69) is 57.8 Å². The molecule has 0 amide bonds. The summed E-state index contributed by atoms with van der Waals surface area (Å²) in [6.07, 6.45) is 1.08. The molecule has 2 atom stereocenters. The molecule has 5 nitrogen and oxygen atoms in total. The molecule has 2 N–H and O–H groups in total. The van der Waals surface area contributed by atoms with Gasteiger partial charge in [0.2, 0.25) is 0 Å². The summed E-state index contributed by atoms with van der Waals surface area (Å²) in [4.78, 5) is 8.86. The van der Waals surface area contributed by atoms with Crippen LogP contribution < -0.4 is 10.6 Å². The molecule has 1 heterocycles. The zero-order chi connectivity index (χ0) is 21.5. The van der Waals surface area contributed by atoms with E-state index >= 15 is 0 Å².